The van der Waals surface area contributed by atoms with Crippen molar-refractivity contribution in [1.82, 2.24) is 19.9 Å². The molecule has 3 aromatic rings. The van der Waals surface area contributed by atoms with Crippen molar-refractivity contribution < 1.29 is 13.6 Å². The number of carbonyl (C=O) groups excluding carboxylic acids is 1. The summed E-state index contributed by atoms with van der Waals surface area (Å²) in [6.07, 6.45) is 5.81. The number of rotatable bonds is 2. The minimum atomic E-state index is -0.411. The zero-order valence-corrected chi connectivity index (χ0v) is 16.3. The fraction of sp³-hybridized carbons (Fsp3) is 0.350. The third-order valence-electron chi connectivity index (χ3n) is 4.06. The van der Waals surface area contributed by atoms with Crippen molar-refractivity contribution in [3.63, 3.8) is 0 Å². The number of nitrogens with zero attached hydrogens (tertiary/aromatic N) is 4. The summed E-state index contributed by atoms with van der Waals surface area (Å²) in [5, 5.41) is 6.73. The molecular formula is C20H25F2N5O. The van der Waals surface area contributed by atoms with Gasteiger partial charge in [0.15, 0.2) is 5.65 Å². The van der Waals surface area contributed by atoms with Crippen LogP contribution in [0.5, 0.6) is 0 Å². The summed E-state index contributed by atoms with van der Waals surface area (Å²) in [7, 11) is 1.61. The summed E-state index contributed by atoms with van der Waals surface area (Å²) >= 11 is 0. The Labute approximate surface area is 163 Å². The first kappa shape index (κ1) is 21.3. The van der Waals surface area contributed by atoms with E-state index in [4.69, 9.17) is 0 Å². The Morgan fingerprint density at radius 2 is 1.61 bits per heavy atom. The van der Waals surface area contributed by atoms with Gasteiger partial charge in [-0.25, -0.2) is 18.3 Å². The Morgan fingerprint density at radius 3 is 2.14 bits per heavy atom. The Hall–Kier alpha value is -3.03. The second kappa shape index (κ2) is 10.3. The van der Waals surface area contributed by atoms with Crippen LogP contribution in [0.3, 0.4) is 0 Å². The number of carbonyl (C=O) groups is 1. The van der Waals surface area contributed by atoms with E-state index < -0.39 is 11.6 Å². The summed E-state index contributed by atoms with van der Waals surface area (Å²) in [6.45, 7) is 6.07. The summed E-state index contributed by atoms with van der Waals surface area (Å²) in [5.74, 6) is -0.0560. The molecule has 0 saturated carbocycles. The van der Waals surface area contributed by atoms with Gasteiger partial charge in [0.05, 0.1) is 6.20 Å². The molecule has 1 aliphatic heterocycles. The van der Waals surface area contributed by atoms with E-state index in [0.29, 0.717) is 11.2 Å². The molecule has 8 heteroatoms. The predicted octanol–water partition coefficient (Wildman–Crippen LogP) is 3.68. The summed E-state index contributed by atoms with van der Waals surface area (Å²) < 4.78 is 25.5. The van der Waals surface area contributed by atoms with E-state index in [9.17, 15) is 13.6 Å². The topological polar surface area (TPSA) is 62.5 Å². The third-order valence-corrected chi connectivity index (χ3v) is 4.06. The standard InChI is InChI=1S/C12H15N5O.C6H4F2.C2H6/c1-13-12(18)9-8-14-17-7-4-10(15-11(9)17)16-5-2-3-6-16;7-5-1-2-6(8)4-3-5;1-2/h4,7-8H,2-3,5-6H2,1H3,(H,13,18);1-4H;1-2H3. The van der Waals surface area contributed by atoms with Gasteiger partial charge < -0.3 is 10.2 Å². The van der Waals surface area contributed by atoms with Gasteiger partial charge in [-0.05, 0) is 43.2 Å². The van der Waals surface area contributed by atoms with Crippen LogP contribution in [0.1, 0.15) is 37.0 Å². The Kier molecular flexibility index (Phi) is 7.86. The number of hydrogen-bond donors (Lipinski definition) is 1. The first-order valence-electron chi connectivity index (χ1n) is 9.31. The zero-order valence-electron chi connectivity index (χ0n) is 16.3. The number of fused-ring (bicyclic) bond motifs is 1. The molecule has 0 unspecified atom stereocenters. The van der Waals surface area contributed by atoms with E-state index in [0.717, 1.165) is 43.2 Å². The molecule has 3 heterocycles. The van der Waals surface area contributed by atoms with Gasteiger partial charge in [0.25, 0.3) is 5.91 Å². The van der Waals surface area contributed by atoms with Crippen LogP contribution in [0, 0.1) is 11.6 Å². The molecule has 0 radical (unpaired) electrons. The number of nitrogens with one attached hydrogen (secondary N) is 1. The molecule has 0 spiro atoms. The van der Waals surface area contributed by atoms with Gasteiger partial charge in [-0.2, -0.15) is 5.10 Å². The average Bonchev–Trinajstić information content (AvgIpc) is 3.41. The van der Waals surface area contributed by atoms with Crippen molar-refractivity contribution >= 4 is 17.4 Å². The van der Waals surface area contributed by atoms with Gasteiger partial charge in [0.1, 0.15) is 23.0 Å². The average molecular weight is 389 g/mol. The fourth-order valence-corrected chi connectivity index (χ4v) is 2.71. The molecule has 150 valence electrons. The van der Waals surface area contributed by atoms with Crippen LogP contribution in [0.25, 0.3) is 5.65 Å². The van der Waals surface area contributed by atoms with E-state index in [-0.39, 0.29) is 5.91 Å². The van der Waals surface area contributed by atoms with Crippen LogP contribution in [0.4, 0.5) is 14.6 Å². The molecule has 4 rings (SSSR count). The first-order chi connectivity index (χ1) is 13.6. The van der Waals surface area contributed by atoms with Crippen molar-refractivity contribution in [2.24, 2.45) is 0 Å². The number of hydrogen-bond acceptors (Lipinski definition) is 4. The molecule has 0 atom stereocenters. The van der Waals surface area contributed by atoms with Crippen molar-refractivity contribution in [1.29, 1.82) is 0 Å². The second-order valence-electron chi connectivity index (χ2n) is 5.82. The highest BCUT2D eigenvalue weighted by Crippen LogP contribution is 2.19. The number of aromatic nitrogens is 3. The maximum Gasteiger partial charge on any atom is 0.256 e. The summed E-state index contributed by atoms with van der Waals surface area (Å²) in [6, 6.07) is 6.26. The van der Waals surface area contributed by atoms with E-state index in [1.807, 2.05) is 26.1 Å². The molecule has 0 aliphatic carbocycles. The van der Waals surface area contributed by atoms with Gasteiger partial charge in [0.2, 0.25) is 0 Å². The summed E-state index contributed by atoms with van der Waals surface area (Å²) in [4.78, 5) is 18.5. The minimum absolute atomic E-state index is 0.156. The van der Waals surface area contributed by atoms with E-state index in [1.54, 1.807) is 17.8 Å². The van der Waals surface area contributed by atoms with Crippen LogP contribution in [0.2, 0.25) is 0 Å². The molecule has 1 aromatic carbocycles. The Balaban J connectivity index is 0.000000236. The third kappa shape index (κ3) is 5.25. The van der Waals surface area contributed by atoms with Crippen LogP contribution < -0.4 is 10.2 Å². The lowest BCUT2D eigenvalue weighted by atomic mass is 10.3. The van der Waals surface area contributed by atoms with Gasteiger partial charge in [-0.3, -0.25) is 4.79 Å². The van der Waals surface area contributed by atoms with Crippen LogP contribution in [-0.4, -0.2) is 40.6 Å². The number of halogens is 2. The van der Waals surface area contributed by atoms with Crippen LogP contribution >= 0.6 is 0 Å². The van der Waals surface area contributed by atoms with Gasteiger partial charge >= 0.3 is 0 Å². The molecule has 6 nitrogen and oxygen atoms in total. The second-order valence-corrected chi connectivity index (χ2v) is 5.82. The zero-order chi connectivity index (χ0) is 20.5. The van der Waals surface area contributed by atoms with Crippen LogP contribution in [0.15, 0.2) is 42.7 Å². The highest BCUT2D eigenvalue weighted by atomic mass is 19.1. The molecule has 1 saturated heterocycles. The van der Waals surface area contributed by atoms with E-state index in [1.165, 1.54) is 12.8 Å². The maximum atomic E-state index is 11.9. The molecule has 1 N–H and O–H groups in total. The lowest BCUT2D eigenvalue weighted by molar-refractivity contribution is 0.0964. The lowest BCUT2D eigenvalue weighted by Gasteiger charge is -2.15. The molecule has 0 bridgehead atoms. The molecule has 28 heavy (non-hydrogen) atoms. The Bertz CT molecular complexity index is 868. The monoisotopic (exact) mass is 389 g/mol. The maximum absolute atomic E-state index is 11.9. The largest absolute Gasteiger partial charge is 0.357 e. The number of anilines is 1. The Morgan fingerprint density at radius 1 is 1.04 bits per heavy atom. The number of amides is 1. The van der Waals surface area contributed by atoms with Crippen molar-refractivity contribution in [3.05, 3.63) is 59.9 Å². The van der Waals surface area contributed by atoms with Gasteiger partial charge in [-0.15, -0.1) is 0 Å². The van der Waals surface area contributed by atoms with Crippen LogP contribution in [-0.2, 0) is 0 Å². The highest BCUT2D eigenvalue weighted by molar-refractivity contribution is 5.99. The first-order valence-corrected chi connectivity index (χ1v) is 9.31. The van der Waals surface area contributed by atoms with Gasteiger partial charge in [0, 0.05) is 26.3 Å². The molecule has 2 aromatic heterocycles. The molecule has 1 amide bonds. The van der Waals surface area contributed by atoms with Crippen molar-refractivity contribution in [2.75, 3.05) is 25.0 Å². The normalized spacial score (nSPS) is 12.7. The van der Waals surface area contributed by atoms with Crippen molar-refractivity contribution in [2.45, 2.75) is 26.7 Å². The quantitative estimate of drug-likeness (QED) is 0.726. The number of benzene rings is 1. The SMILES string of the molecule is CC.CNC(=O)c1cnn2ccc(N3CCCC3)nc12.Fc1ccc(F)cc1. The molecule has 1 fully saturated rings. The van der Waals surface area contributed by atoms with Crippen molar-refractivity contribution in [3.8, 4) is 0 Å². The minimum Gasteiger partial charge on any atom is -0.357 e. The van der Waals surface area contributed by atoms with E-state index in [2.05, 4.69) is 20.3 Å². The summed E-state index contributed by atoms with van der Waals surface area (Å²) in [5.41, 5.74) is 1.12. The fourth-order valence-electron chi connectivity index (χ4n) is 2.71. The van der Waals surface area contributed by atoms with E-state index >= 15 is 0 Å². The lowest BCUT2D eigenvalue weighted by Crippen LogP contribution is -2.20. The predicted molar refractivity (Wildman–Crippen MR) is 106 cm³/mol. The molecular weight excluding hydrogens is 364 g/mol. The smallest absolute Gasteiger partial charge is 0.256 e. The van der Waals surface area contributed by atoms with Gasteiger partial charge in [-0.1, -0.05) is 13.8 Å². The highest BCUT2D eigenvalue weighted by Gasteiger charge is 2.17. The molecule has 1 aliphatic rings.